The van der Waals surface area contributed by atoms with Crippen LogP contribution in [-0.4, -0.2) is 38.7 Å². The molecular weight excluding hydrogens is 290 g/mol. The summed E-state index contributed by atoms with van der Waals surface area (Å²) < 4.78 is 24.0. The molecular formula is C11H16ClN3O3S. The predicted octanol–water partition coefficient (Wildman–Crippen LogP) is 0.713. The predicted molar refractivity (Wildman–Crippen MR) is 73.8 cm³/mol. The summed E-state index contributed by atoms with van der Waals surface area (Å²) in [6, 6.07) is 3.12. The van der Waals surface area contributed by atoms with E-state index in [1.54, 1.807) is 13.0 Å². The van der Waals surface area contributed by atoms with Crippen LogP contribution >= 0.6 is 11.6 Å². The van der Waals surface area contributed by atoms with Crippen molar-refractivity contribution in [2.75, 3.05) is 19.3 Å². The van der Waals surface area contributed by atoms with Gasteiger partial charge in [-0.2, -0.15) is 0 Å². The van der Waals surface area contributed by atoms with Crippen molar-refractivity contribution in [1.82, 2.24) is 15.0 Å². The van der Waals surface area contributed by atoms with Crippen molar-refractivity contribution in [2.45, 2.75) is 13.3 Å². The first kappa shape index (κ1) is 15.9. The highest BCUT2D eigenvalue weighted by Gasteiger charge is 2.07. The number of carbonyl (C=O) groups excluding carboxylic acids is 1. The second kappa shape index (κ2) is 6.83. The van der Waals surface area contributed by atoms with Gasteiger partial charge in [0.25, 0.3) is 5.91 Å². The van der Waals surface area contributed by atoms with Crippen LogP contribution in [0.15, 0.2) is 12.1 Å². The van der Waals surface area contributed by atoms with Gasteiger partial charge in [0.1, 0.15) is 5.15 Å². The number of nitrogens with zero attached hydrogens (tertiary/aromatic N) is 1. The molecule has 0 aromatic carbocycles. The highest BCUT2D eigenvalue weighted by Crippen LogP contribution is 2.10. The van der Waals surface area contributed by atoms with Gasteiger partial charge in [0.15, 0.2) is 0 Å². The maximum Gasteiger partial charge on any atom is 0.251 e. The van der Waals surface area contributed by atoms with Crippen molar-refractivity contribution in [3.05, 3.63) is 28.5 Å². The molecule has 0 fully saturated rings. The van der Waals surface area contributed by atoms with Gasteiger partial charge in [-0.3, -0.25) is 4.79 Å². The third-order valence-electron chi connectivity index (χ3n) is 2.19. The molecule has 0 saturated carbocycles. The lowest BCUT2D eigenvalue weighted by Crippen LogP contribution is -2.29. The lowest BCUT2D eigenvalue weighted by molar-refractivity contribution is 0.0953. The number of rotatable bonds is 6. The summed E-state index contributed by atoms with van der Waals surface area (Å²) in [7, 11) is -3.18. The molecule has 0 radical (unpaired) electrons. The zero-order chi connectivity index (χ0) is 14.5. The van der Waals surface area contributed by atoms with Gasteiger partial charge >= 0.3 is 0 Å². The van der Waals surface area contributed by atoms with Crippen LogP contribution in [0.25, 0.3) is 0 Å². The van der Waals surface area contributed by atoms with Crippen molar-refractivity contribution in [3.8, 4) is 0 Å². The summed E-state index contributed by atoms with van der Waals surface area (Å²) in [6.45, 7) is 2.41. The van der Waals surface area contributed by atoms with Gasteiger partial charge in [0.05, 0.1) is 6.26 Å². The number of amides is 1. The van der Waals surface area contributed by atoms with E-state index in [9.17, 15) is 13.2 Å². The highest BCUT2D eigenvalue weighted by atomic mass is 35.5. The maximum atomic E-state index is 11.8. The van der Waals surface area contributed by atoms with Gasteiger partial charge in [-0.15, -0.1) is 0 Å². The Morgan fingerprint density at radius 2 is 2.05 bits per heavy atom. The van der Waals surface area contributed by atoms with Crippen molar-refractivity contribution < 1.29 is 13.2 Å². The molecule has 0 bridgehead atoms. The average molecular weight is 306 g/mol. The summed E-state index contributed by atoms with van der Waals surface area (Å²) in [5, 5.41) is 2.95. The molecule has 1 heterocycles. The summed E-state index contributed by atoms with van der Waals surface area (Å²) in [5.74, 6) is -0.258. The summed E-state index contributed by atoms with van der Waals surface area (Å²) in [5.41, 5.74) is 1.10. The molecule has 1 rings (SSSR count). The Morgan fingerprint density at radius 3 is 2.63 bits per heavy atom. The standard InChI is InChI=1S/C11H16ClN3O3S/c1-8-6-9(7-10(12)15-8)11(16)13-4-3-5-14-19(2,17)18/h6-7,14H,3-5H2,1-2H3,(H,13,16). The van der Waals surface area contributed by atoms with E-state index in [0.717, 1.165) is 6.26 Å². The summed E-state index contributed by atoms with van der Waals surface area (Å²) in [6.07, 6.45) is 1.60. The topological polar surface area (TPSA) is 88.2 Å². The van der Waals surface area contributed by atoms with E-state index in [2.05, 4.69) is 15.0 Å². The quantitative estimate of drug-likeness (QED) is 0.598. The minimum atomic E-state index is -3.18. The van der Waals surface area contributed by atoms with E-state index >= 15 is 0 Å². The second-order valence-electron chi connectivity index (χ2n) is 4.10. The van der Waals surface area contributed by atoms with Crippen molar-refractivity contribution in [2.24, 2.45) is 0 Å². The van der Waals surface area contributed by atoms with Crippen molar-refractivity contribution in [1.29, 1.82) is 0 Å². The molecule has 2 N–H and O–H groups in total. The maximum absolute atomic E-state index is 11.8. The Balaban J connectivity index is 2.39. The zero-order valence-corrected chi connectivity index (χ0v) is 12.3. The molecule has 0 spiro atoms. The molecule has 6 nitrogen and oxygen atoms in total. The lowest BCUT2D eigenvalue weighted by atomic mass is 10.2. The first-order chi connectivity index (χ1) is 8.78. The van der Waals surface area contributed by atoms with E-state index in [-0.39, 0.29) is 17.6 Å². The number of sulfonamides is 1. The van der Waals surface area contributed by atoms with E-state index in [1.807, 2.05) is 0 Å². The SMILES string of the molecule is Cc1cc(C(=O)NCCCNS(C)(=O)=O)cc(Cl)n1. The molecule has 0 atom stereocenters. The lowest BCUT2D eigenvalue weighted by Gasteiger charge is -2.06. The van der Waals surface area contributed by atoms with Crippen LogP contribution in [0.1, 0.15) is 22.5 Å². The monoisotopic (exact) mass is 305 g/mol. The molecule has 1 amide bonds. The van der Waals surface area contributed by atoms with E-state index in [0.29, 0.717) is 24.2 Å². The van der Waals surface area contributed by atoms with E-state index < -0.39 is 10.0 Å². The average Bonchev–Trinajstić information content (AvgIpc) is 2.25. The van der Waals surface area contributed by atoms with Gasteiger partial charge in [-0.25, -0.2) is 18.1 Å². The third kappa shape index (κ3) is 6.51. The molecule has 0 aliphatic heterocycles. The summed E-state index contributed by atoms with van der Waals surface area (Å²) >= 11 is 5.76. The van der Waals surface area contributed by atoms with Gasteiger partial charge < -0.3 is 5.32 Å². The van der Waals surface area contributed by atoms with Gasteiger partial charge in [-0.05, 0) is 25.5 Å². The molecule has 8 heteroatoms. The summed E-state index contributed by atoms with van der Waals surface area (Å²) in [4.78, 5) is 15.7. The Bertz CT molecular complexity index is 540. The Labute approximate surface area is 117 Å². The molecule has 1 aromatic heterocycles. The number of aromatic nitrogens is 1. The Morgan fingerprint density at radius 1 is 1.37 bits per heavy atom. The van der Waals surface area contributed by atoms with E-state index in [1.165, 1.54) is 6.07 Å². The molecule has 0 aliphatic carbocycles. The van der Waals surface area contributed by atoms with Crippen LogP contribution in [0, 0.1) is 6.92 Å². The normalized spacial score (nSPS) is 11.3. The Hall–Kier alpha value is -1.18. The van der Waals surface area contributed by atoms with Gasteiger partial charge in [0.2, 0.25) is 10.0 Å². The second-order valence-corrected chi connectivity index (χ2v) is 6.32. The molecule has 106 valence electrons. The first-order valence-corrected chi connectivity index (χ1v) is 7.92. The van der Waals surface area contributed by atoms with Crippen molar-refractivity contribution >= 4 is 27.5 Å². The molecule has 0 aliphatic rings. The number of hydrogen-bond acceptors (Lipinski definition) is 4. The number of pyridine rings is 1. The van der Waals surface area contributed by atoms with Gasteiger partial charge in [0, 0.05) is 24.3 Å². The third-order valence-corrected chi connectivity index (χ3v) is 3.11. The van der Waals surface area contributed by atoms with E-state index in [4.69, 9.17) is 11.6 Å². The van der Waals surface area contributed by atoms with Crippen LogP contribution in [-0.2, 0) is 10.0 Å². The molecule has 19 heavy (non-hydrogen) atoms. The number of halogens is 1. The van der Waals surface area contributed by atoms with Crippen LogP contribution < -0.4 is 10.0 Å². The number of hydrogen-bond donors (Lipinski definition) is 2. The fraction of sp³-hybridized carbons (Fsp3) is 0.455. The Kier molecular flexibility index (Phi) is 5.71. The first-order valence-electron chi connectivity index (χ1n) is 5.65. The van der Waals surface area contributed by atoms with Crippen LogP contribution in [0.5, 0.6) is 0 Å². The van der Waals surface area contributed by atoms with Crippen LogP contribution in [0.2, 0.25) is 5.15 Å². The van der Waals surface area contributed by atoms with Crippen LogP contribution in [0.4, 0.5) is 0 Å². The number of carbonyl (C=O) groups is 1. The zero-order valence-electron chi connectivity index (χ0n) is 10.7. The fourth-order valence-electron chi connectivity index (χ4n) is 1.41. The number of nitrogens with one attached hydrogen (secondary N) is 2. The smallest absolute Gasteiger partial charge is 0.251 e. The molecule has 1 aromatic rings. The molecule has 0 unspecified atom stereocenters. The largest absolute Gasteiger partial charge is 0.352 e. The minimum absolute atomic E-state index is 0.258. The van der Waals surface area contributed by atoms with Crippen LogP contribution in [0.3, 0.4) is 0 Å². The van der Waals surface area contributed by atoms with Crippen molar-refractivity contribution in [3.63, 3.8) is 0 Å². The fourth-order valence-corrected chi connectivity index (χ4v) is 2.18. The van der Waals surface area contributed by atoms with Gasteiger partial charge in [-0.1, -0.05) is 11.6 Å². The minimum Gasteiger partial charge on any atom is -0.352 e. The highest BCUT2D eigenvalue weighted by molar-refractivity contribution is 7.88. The number of aryl methyl sites for hydroxylation is 1. The molecule has 0 saturated heterocycles.